The first kappa shape index (κ1) is 12.3. The zero-order valence-corrected chi connectivity index (χ0v) is 11.3. The maximum atomic E-state index is 11.1. The molecule has 2 heterocycles. The Morgan fingerprint density at radius 2 is 2.35 bits per heavy atom. The zero-order chi connectivity index (χ0) is 12.4. The Kier molecular flexibility index (Phi) is 3.58. The van der Waals surface area contributed by atoms with Crippen molar-refractivity contribution in [3.63, 3.8) is 0 Å². The number of aromatic nitrogens is 2. The molecule has 2 atom stereocenters. The lowest BCUT2D eigenvalue weighted by Crippen LogP contribution is -2.23. The number of nitrogen functional groups attached to an aromatic ring is 1. The molecule has 0 aliphatic carbocycles. The minimum atomic E-state index is -0.833. The lowest BCUT2D eigenvalue weighted by molar-refractivity contribution is 0.683. The van der Waals surface area contributed by atoms with Gasteiger partial charge in [-0.15, -0.1) is 11.3 Å². The summed E-state index contributed by atoms with van der Waals surface area (Å²) in [5.41, 5.74) is 5.65. The molecule has 0 saturated carbocycles. The number of anilines is 2. The summed E-state index contributed by atoms with van der Waals surface area (Å²) in [5, 5.41) is 6.13. The third kappa shape index (κ3) is 2.92. The van der Waals surface area contributed by atoms with Crippen LogP contribution < -0.4 is 11.1 Å². The molecule has 2 rings (SSSR count). The number of thiophene rings is 1. The van der Waals surface area contributed by atoms with E-state index in [1.54, 1.807) is 6.26 Å². The van der Waals surface area contributed by atoms with Crippen LogP contribution >= 0.6 is 11.3 Å². The maximum Gasteiger partial charge on any atom is 0.223 e. The average molecular weight is 270 g/mol. The summed E-state index contributed by atoms with van der Waals surface area (Å²) in [4.78, 5) is 9.20. The summed E-state index contributed by atoms with van der Waals surface area (Å²) < 4.78 is 11.1. The molecule has 17 heavy (non-hydrogen) atoms. The predicted octanol–water partition coefficient (Wildman–Crippen LogP) is 1.45. The van der Waals surface area contributed by atoms with E-state index in [1.165, 1.54) is 11.3 Å². The van der Waals surface area contributed by atoms with Crippen LogP contribution in [0.5, 0.6) is 0 Å². The van der Waals surface area contributed by atoms with Crippen molar-refractivity contribution >= 4 is 44.1 Å². The molecule has 0 bridgehead atoms. The Morgan fingerprint density at radius 1 is 1.59 bits per heavy atom. The van der Waals surface area contributed by atoms with E-state index in [-0.39, 0.29) is 12.0 Å². The highest BCUT2D eigenvalue weighted by Crippen LogP contribution is 2.26. The SMILES string of the molecule is CC(CS(C)=O)Nc1nc(N)nc2sccc12. The van der Waals surface area contributed by atoms with Crippen molar-refractivity contribution in [3.05, 3.63) is 11.4 Å². The molecule has 92 valence electrons. The number of nitrogens with zero attached hydrogens (tertiary/aromatic N) is 2. The number of hydrogen-bond donors (Lipinski definition) is 2. The van der Waals surface area contributed by atoms with E-state index in [1.807, 2.05) is 18.4 Å². The molecule has 3 N–H and O–H groups in total. The first-order chi connectivity index (χ1) is 8.06. The summed E-state index contributed by atoms with van der Waals surface area (Å²) in [7, 11) is -0.833. The first-order valence-corrected chi connectivity index (χ1v) is 7.74. The highest BCUT2D eigenvalue weighted by Gasteiger charge is 2.10. The van der Waals surface area contributed by atoms with Crippen LogP contribution in [-0.2, 0) is 10.8 Å². The van der Waals surface area contributed by atoms with Gasteiger partial charge in [-0.2, -0.15) is 4.98 Å². The van der Waals surface area contributed by atoms with Gasteiger partial charge in [0.15, 0.2) is 0 Å². The van der Waals surface area contributed by atoms with Crippen molar-refractivity contribution in [3.8, 4) is 0 Å². The lowest BCUT2D eigenvalue weighted by atomic mass is 10.3. The molecular formula is C10H14N4OS2. The Balaban J connectivity index is 2.28. The number of fused-ring (bicyclic) bond motifs is 1. The predicted molar refractivity (Wildman–Crippen MR) is 73.8 cm³/mol. The van der Waals surface area contributed by atoms with Crippen molar-refractivity contribution in [2.24, 2.45) is 0 Å². The first-order valence-electron chi connectivity index (χ1n) is 5.13. The molecule has 2 aromatic heterocycles. The van der Waals surface area contributed by atoms with Gasteiger partial charge < -0.3 is 11.1 Å². The van der Waals surface area contributed by atoms with E-state index >= 15 is 0 Å². The fourth-order valence-electron chi connectivity index (χ4n) is 1.61. The van der Waals surface area contributed by atoms with Gasteiger partial charge in [0.1, 0.15) is 10.6 Å². The van der Waals surface area contributed by atoms with Crippen LogP contribution in [0.4, 0.5) is 11.8 Å². The van der Waals surface area contributed by atoms with Gasteiger partial charge in [0.25, 0.3) is 0 Å². The largest absolute Gasteiger partial charge is 0.368 e. The van der Waals surface area contributed by atoms with Gasteiger partial charge in [-0.3, -0.25) is 4.21 Å². The minimum Gasteiger partial charge on any atom is -0.368 e. The third-order valence-corrected chi connectivity index (χ3v) is 3.99. The highest BCUT2D eigenvalue weighted by molar-refractivity contribution is 7.84. The topological polar surface area (TPSA) is 80.9 Å². The van der Waals surface area contributed by atoms with Crippen molar-refractivity contribution in [2.45, 2.75) is 13.0 Å². The number of nitrogens with two attached hydrogens (primary N) is 1. The van der Waals surface area contributed by atoms with Crippen LogP contribution in [0.25, 0.3) is 10.2 Å². The smallest absolute Gasteiger partial charge is 0.223 e. The van der Waals surface area contributed by atoms with Gasteiger partial charge in [-0.1, -0.05) is 0 Å². The second-order valence-electron chi connectivity index (χ2n) is 3.86. The molecule has 0 fully saturated rings. The summed E-state index contributed by atoms with van der Waals surface area (Å²) >= 11 is 1.53. The van der Waals surface area contributed by atoms with E-state index in [0.29, 0.717) is 11.6 Å². The number of nitrogens with one attached hydrogen (secondary N) is 1. The van der Waals surface area contributed by atoms with Gasteiger partial charge in [0, 0.05) is 28.9 Å². The second kappa shape index (κ2) is 4.97. The molecule has 7 heteroatoms. The molecule has 0 aliphatic rings. The fraction of sp³-hybridized carbons (Fsp3) is 0.400. The van der Waals surface area contributed by atoms with Gasteiger partial charge in [0.05, 0.1) is 5.39 Å². The summed E-state index contributed by atoms with van der Waals surface area (Å²) in [6.45, 7) is 1.97. The number of hydrogen-bond acceptors (Lipinski definition) is 6. The van der Waals surface area contributed by atoms with Gasteiger partial charge >= 0.3 is 0 Å². The van der Waals surface area contributed by atoms with Crippen molar-refractivity contribution in [1.29, 1.82) is 0 Å². The molecule has 2 unspecified atom stereocenters. The molecular weight excluding hydrogens is 256 g/mol. The van der Waals surface area contributed by atoms with Gasteiger partial charge in [0.2, 0.25) is 5.95 Å². The van der Waals surface area contributed by atoms with Crippen LogP contribution in [-0.4, -0.2) is 32.2 Å². The van der Waals surface area contributed by atoms with Crippen LogP contribution in [0.1, 0.15) is 6.92 Å². The van der Waals surface area contributed by atoms with E-state index in [2.05, 4.69) is 15.3 Å². The minimum absolute atomic E-state index is 0.0817. The number of rotatable bonds is 4. The maximum absolute atomic E-state index is 11.1. The fourth-order valence-corrected chi connectivity index (χ4v) is 3.17. The molecule has 0 aromatic carbocycles. The van der Waals surface area contributed by atoms with Gasteiger partial charge in [-0.05, 0) is 18.4 Å². The molecule has 2 aromatic rings. The molecule has 0 aliphatic heterocycles. The standard InChI is InChI=1S/C10H14N4OS2/c1-6(5-17(2)15)12-8-7-3-4-16-9(7)14-10(11)13-8/h3-4,6H,5H2,1-2H3,(H3,11,12,13,14). The summed E-state index contributed by atoms with van der Waals surface area (Å²) in [6.07, 6.45) is 1.69. The Bertz CT molecular complexity index is 554. The Labute approximate surface area is 106 Å². The third-order valence-electron chi connectivity index (χ3n) is 2.21. The van der Waals surface area contributed by atoms with Crippen molar-refractivity contribution in [1.82, 2.24) is 9.97 Å². The molecule has 0 radical (unpaired) electrons. The van der Waals surface area contributed by atoms with E-state index in [4.69, 9.17) is 5.73 Å². The Morgan fingerprint density at radius 3 is 3.06 bits per heavy atom. The summed E-state index contributed by atoms with van der Waals surface area (Å²) in [5.74, 6) is 1.55. The Hall–Kier alpha value is -1.21. The zero-order valence-electron chi connectivity index (χ0n) is 9.64. The van der Waals surface area contributed by atoms with E-state index < -0.39 is 10.8 Å². The lowest BCUT2D eigenvalue weighted by Gasteiger charge is -2.13. The van der Waals surface area contributed by atoms with Crippen LogP contribution in [0.15, 0.2) is 11.4 Å². The molecule has 0 amide bonds. The van der Waals surface area contributed by atoms with Crippen LogP contribution in [0, 0.1) is 0 Å². The monoisotopic (exact) mass is 270 g/mol. The van der Waals surface area contributed by atoms with Crippen molar-refractivity contribution < 1.29 is 4.21 Å². The highest BCUT2D eigenvalue weighted by atomic mass is 32.2. The normalized spacial score (nSPS) is 14.7. The summed E-state index contributed by atoms with van der Waals surface area (Å²) in [6, 6.07) is 2.04. The van der Waals surface area contributed by atoms with Gasteiger partial charge in [-0.25, -0.2) is 4.98 Å². The van der Waals surface area contributed by atoms with Crippen LogP contribution in [0.2, 0.25) is 0 Å². The van der Waals surface area contributed by atoms with Crippen molar-refractivity contribution in [2.75, 3.05) is 23.1 Å². The van der Waals surface area contributed by atoms with E-state index in [9.17, 15) is 4.21 Å². The molecule has 0 spiro atoms. The molecule has 0 saturated heterocycles. The molecule has 5 nitrogen and oxygen atoms in total. The quantitative estimate of drug-likeness (QED) is 0.879. The second-order valence-corrected chi connectivity index (χ2v) is 6.23. The van der Waals surface area contributed by atoms with E-state index in [0.717, 1.165) is 10.2 Å². The average Bonchev–Trinajstić information content (AvgIpc) is 2.63. The van der Waals surface area contributed by atoms with Crippen LogP contribution in [0.3, 0.4) is 0 Å².